The summed E-state index contributed by atoms with van der Waals surface area (Å²) in [6.07, 6.45) is 6.52. The molecule has 2 aliphatic rings. The third-order valence-corrected chi connectivity index (χ3v) is 7.23. The second-order valence-electron chi connectivity index (χ2n) is 6.07. The molecular formula is C14H25NO4S. The van der Waals surface area contributed by atoms with Crippen LogP contribution in [0.3, 0.4) is 0 Å². The van der Waals surface area contributed by atoms with Crippen LogP contribution in [-0.4, -0.2) is 41.1 Å². The van der Waals surface area contributed by atoms with Gasteiger partial charge in [-0.15, -0.1) is 0 Å². The van der Waals surface area contributed by atoms with Gasteiger partial charge in [0.2, 0.25) is 10.0 Å². The molecule has 0 aromatic heterocycles. The number of carboxylic acids is 1. The summed E-state index contributed by atoms with van der Waals surface area (Å²) in [5, 5.41) is 9.25. The first-order chi connectivity index (χ1) is 9.45. The van der Waals surface area contributed by atoms with E-state index in [2.05, 4.69) is 0 Å². The fourth-order valence-corrected chi connectivity index (χ4v) is 6.17. The number of hydrogen-bond donors (Lipinski definition) is 1. The lowest BCUT2D eigenvalue weighted by Crippen LogP contribution is -2.55. The van der Waals surface area contributed by atoms with Crippen molar-refractivity contribution in [1.29, 1.82) is 0 Å². The van der Waals surface area contributed by atoms with Crippen molar-refractivity contribution in [3.63, 3.8) is 0 Å². The first kappa shape index (κ1) is 15.8. The van der Waals surface area contributed by atoms with Crippen LogP contribution in [0.2, 0.25) is 0 Å². The summed E-state index contributed by atoms with van der Waals surface area (Å²) >= 11 is 0. The number of rotatable bonds is 5. The average Bonchev–Trinajstić information content (AvgIpc) is 2.86. The average molecular weight is 303 g/mol. The molecule has 20 heavy (non-hydrogen) atoms. The van der Waals surface area contributed by atoms with Gasteiger partial charge in [-0.05, 0) is 32.1 Å². The topological polar surface area (TPSA) is 74.7 Å². The number of hydrogen-bond acceptors (Lipinski definition) is 3. The van der Waals surface area contributed by atoms with Crippen molar-refractivity contribution in [1.82, 2.24) is 4.31 Å². The smallest absolute Gasteiger partial charge is 0.325 e. The number of carboxylic acid groups (broad SMARTS) is 1. The molecule has 0 aromatic rings. The molecule has 0 aromatic carbocycles. The molecule has 5 nitrogen and oxygen atoms in total. The van der Waals surface area contributed by atoms with Gasteiger partial charge >= 0.3 is 5.97 Å². The molecule has 1 aliphatic heterocycles. The fourth-order valence-electron chi connectivity index (χ4n) is 3.75. The maximum Gasteiger partial charge on any atom is 0.325 e. The van der Waals surface area contributed by atoms with Crippen molar-refractivity contribution >= 4 is 16.0 Å². The van der Waals surface area contributed by atoms with Crippen LogP contribution in [-0.2, 0) is 14.8 Å². The van der Waals surface area contributed by atoms with Crippen LogP contribution < -0.4 is 0 Å². The predicted octanol–water partition coefficient (Wildman–Crippen LogP) is 2.37. The van der Waals surface area contributed by atoms with Gasteiger partial charge in [0, 0.05) is 6.54 Å². The van der Waals surface area contributed by atoms with E-state index < -0.39 is 21.5 Å². The summed E-state index contributed by atoms with van der Waals surface area (Å²) in [5.41, 5.74) is -1.19. The highest BCUT2D eigenvalue weighted by molar-refractivity contribution is 7.89. The molecular weight excluding hydrogens is 278 g/mol. The van der Waals surface area contributed by atoms with Crippen LogP contribution in [0.25, 0.3) is 0 Å². The van der Waals surface area contributed by atoms with E-state index in [9.17, 15) is 18.3 Å². The Bertz CT molecular complexity index is 456. The lowest BCUT2D eigenvalue weighted by Gasteiger charge is -2.37. The minimum atomic E-state index is -3.48. The molecule has 1 saturated heterocycles. The molecule has 0 radical (unpaired) electrons. The molecule has 116 valence electrons. The zero-order chi connectivity index (χ0) is 14.8. The van der Waals surface area contributed by atoms with E-state index >= 15 is 0 Å². The number of carbonyl (C=O) groups is 1. The van der Waals surface area contributed by atoms with Crippen molar-refractivity contribution in [2.75, 3.05) is 6.54 Å². The number of aliphatic carboxylic acids is 1. The molecule has 1 atom stereocenters. The predicted molar refractivity (Wildman–Crippen MR) is 77.0 cm³/mol. The van der Waals surface area contributed by atoms with Gasteiger partial charge in [0.15, 0.2) is 0 Å². The minimum Gasteiger partial charge on any atom is -0.480 e. The first-order valence-electron chi connectivity index (χ1n) is 7.70. The quantitative estimate of drug-likeness (QED) is 0.846. The Morgan fingerprint density at radius 1 is 1.25 bits per heavy atom. The van der Waals surface area contributed by atoms with E-state index in [1.807, 2.05) is 6.92 Å². The van der Waals surface area contributed by atoms with E-state index in [1.54, 1.807) is 0 Å². The van der Waals surface area contributed by atoms with Gasteiger partial charge in [0.05, 0.1) is 5.25 Å². The first-order valence-corrected chi connectivity index (χ1v) is 9.20. The summed E-state index contributed by atoms with van der Waals surface area (Å²) in [5.74, 6) is -0.976. The Kier molecular flexibility index (Phi) is 4.74. The Morgan fingerprint density at radius 3 is 2.45 bits per heavy atom. The number of nitrogens with zero attached hydrogens (tertiary/aromatic N) is 1. The normalized spacial score (nSPS) is 29.6. The van der Waals surface area contributed by atoms with Gasteiger partial charge in [-0.2, -0.15) is 4.31 Å². The highest BCUT2D eigenvalue weighted by Gasteiger charge is 2.53. The maximum absolute atomic E-state index is 12.8. The Hall–Kier alpha value is -0.620. The molecule has 0 bridgehead atoms. The molecule has 1 aliphatic carbocycles. The Balaban J connectivity index is 2.30. The van der Waals surface area contributed by atoms with Crippen LogP contribution in [0.15, 0.2) is 0 Å². The zero-order valence-corrected chi connectivity index (χ0v) is 13.0. The molecule has 0 spiro atoms. The van der Waals surface area contributed by atoms with Crippen LogP contribution in [0.1, 0.15) is 64.7 Å². The Labute approximate surface area is 121 Å². The minimum absolute atomic E-state index is 0.366. The summed E-state index contributed by atoms with van der Waals surface area (Å²) in [6.45, 7) is 2.28. The van der Waals surface area contributed by atoms with Crippen molar-refractivity contribution in [2.45, 2.75) is 75.5 Å². The van der Waals surface area contributed by atoms with Crippen LogP contribution in [0, 0.1) is 0 Å². The molecule has 2 fully saturated rings. The van der Waals surface area contributed by atoms with Crippen molar-refractivity contribution in [3.8, 4) is 0 Å². The largest absolute Gasteiger partial charge is 0.480 e. The summed E-state index contributed by atoms with van der Waals surface area (Å²) in [4.78, 5) is 11.7. The van der Waals surface area contributed by atoms with Gasteiger partial charge in [-0.1, -0.05) is 32.6 Å². The Morgan fingerprint density at radius 2 is 1.90 bits per heavy atom. The SMILES string of the molecule is CCCC1(C(=O)O)CCCN1S(=O)(=O)C1CCCCC1. The summed E-state index contributed by atoms with van der Waals surface area (Å²) < 4.78 is 27.0. The van der Waals surface area contributed by atoms with Crippen molar-refractivity contribution in [2.24, 2.45) is 0 Å². The molecule has 2 rings (SSSR count). The van der Waals surface area contributed by atoms with Crippen molar-refractivity contribution in [3.05, 3.63) is 0 Å². The zero-order valence-electron chi connectivity index (χ0n) is 12.2. The standard InChI is InChI=1S/C14H25NO4S/c1-2-9-14(13(16)17)10-6-11-15(14)20(18,19)12-7-4-3-5-8-12/h12H,2-11H2,1H3,(H,16,17). The molecule has 1 saturated carbocycles. The monoisotopic (exact) mass is 303 g/mol. The molecule has 1 unspecified atom stereocenters. The van der Waals surface area contributed by atoms with Gasteiger partial charge in [-0.25, -0.2) is 8.42 Å². The summed E-state index contributed by atoms with van der Waals surface area (Å²) in [6, 6.07) is 0. The highest BCUT2D eigenvalue weighted by atomic mass is 32.2. The van der Waals surface area contributed by atoms with Gasteiger partial charge in [0.25, 0.3) is 0 Å². The van der Waals surface area contributed by atoms with E-state index in [0.717, 1.165) is 19.3 Å². The molecule has 1 heterocycles. The third-order valence-electron chi connectivity index (χ3n) is 4.77. The highest BCUT2D eigenvalue weighted by Crippen LogP contribution is 2.39. The molecule has 1 N–H and O–H groups in total. The van der Waals surface area contributed by atoms with Crippen LogP contribution in [0.4, 0.5) is 0 Å². The van der Waals surface area contributed by atoms with Gasteiger partial charge in [-0.3, -0.25) is 4.79 Å². The number of sulfonamides is 1. The second kappa shape index (κ2) is 6.02. The fraction of sp³-hybridized carbons (Fsp3) is 0.929. The second-order valence-corrected chi connectivity index (χ2v) is 8.20. The van der Waals surface area contributed by atoms with E-state index in [-0.39, 0.29) is 5.25 Å². The van der Waals surface area contributed by atoms with Gasteiger partial charge in [0.1, 0.15) is 5.54 Å². The summed E-state index contributed by atoms with van der Waals surface area (Å²) in [7, 11) is -3.48. The molecule has 6 heteroatoms. The third kappa shape index (κ3) is 2.60. The van der Waals surface area contributed by atoms with E-state index in [4.69, 9.17) is 0 Å². The van der Waals surface area contributed by atoms with Crippen LogP contribution >= 0.6 is 0 Å². The maximum atomic E-state index is 12.8. The lowest BCUT2D eigenvalue weighted by atomic mass is 9.92. The van der Waals surface area contributed by atoms with E-state index in [0.29, 0.717) is 45.1 Å². The van der Waals surface area contributed by atoms with Crippen LogP contribution in [0.5, 0.6) is 0 Å². The lowest BCUT2D eigenvalue weighted by molar-refractivity contribution is -0.147. The van der Waals surface area contributed by atoms with Gasteiger partial charge < -0.3 is 5.11 Å². The van der Waals surface area contributed by atoms with E-state index in [1.165, 1.54) is 4.31 Å². The molecule has 0 amide bonds. The van der Waals surface area contributed by atoms with Crippen molar-refractivity contribution < 1.29 is 18.3 Å².